The molecule has 1 aliphatic rings. The van der Waals surface area contributed by atoms with Crippen LogP contribution in [-0.2, 0) is 13.5 Å². The zero-order chi connectivity index (χ0) is 18.4. The Morgan fingerprint density at radius 1 is 1.31 bits per heavy atom. The van der Waals surface area contributed by atoms with Gasteiger partial charge in [0.1, 0.15) is 17.4 Å². The van der Waals surface area contributed by atoms with Crippen LogP contribution in [0.25, 0.3) is 10.9 Å². The van der Waals surface area contributed by atoms with Gasteiger partial charge in [-0.05, 0) is 30.7 Å². The monoisotopic (exact) mass is 363 g/mol. The number of hydrogen-bond acceptors (Lipinski definition) is 5. The van der Waals surface area contributed by atoms with E-state index < -0.39 is 5.92 Å². The molecule has 3 aromatic rings. The van der Waals surface area contributed by atoms with Gasteiger partial charge in [0.25, 0.3) is 5.56 Å². The van der Waals surface area contributed by atoms with Gasteiger partial charge < -0.3 is 15.0 Å². The molecule has 3 heterocycles. The lowest BCUT2D eigenvalue weighted by molar-refractivity contribution is 0.396. The summed E-state index contributed by atoms with van der Waals surface area (Å²) < 4.78 is 7.40. The third-order valence-corrected chi connectivity index (χ3v) is 6.07. The van der Waals surface area contributed by atoms with Crippen LogP contribution in [0.2, 0.25) is 0 Å². The summed E-state index contributed by atoms with van der Waals surface area (Å²) in [6, 6.07) is 13.7. The highest BCUT2D eigenvalue weighted by Crippen LogP contribution is 2.45. The molecular formula is C20H17N3O2S. The van der Waals surface area contributed by atoms with Gasteiger partial charge in [-0.25, -0.2) is 0 Å². The standard InChI is InChI=1S/C20H17N3O2S/c1-3-11-8-9-15(26-11)16-13(10-21)19(22)25-18-12-6-4-5-7-14(12)23(2)20(24)17(16)18/h4-9,16H,3,22H2,1-2H3/t16-/m1/s1. The van der Waals surface area contributed by atoms with Crippen molar-refractivity contribution in [2.24, 2.45) is 12.8 Å². The molecule has 0 spiro atoms. The summed E-state index contributed by atoms with van der Waals surface area (Å²) >= 11 is 1.60. The second kappa shape index (κ2) is 6.04. The summed E-state index contributed by atoms with van der Waals surface area (Å²) in [5, 5.41) is 10.5. The molecule has 0 bridgehead atoms. The lowest BCUT2D eigenvalue weighted by atomic mass is 9.87. The van der Waals surface area contributed by atoms with Gasteiger partial charge in [0.05, 0.1) is 17.0 Å². The Balaban J connectivity index is 2.10. The molecule has 130 valence electrons. The minimum absolute atomic E-state index is 0.0647. The molecule has 1 aromatic carbocycles. The number of para-hydroxylation sites is 1. The molecule has 0 unspecified atom stereocenters. The van der Waals surface area contributed by atoms with Gasteiger partial charge in [0.2, 0.25) is 5.88 Å². The molecule has 6 heteroatoms. The van der Waals surface area contributed by atoms with E-state index in [9.17, 15) is 10.1 Å². The molecular weight excluding hydrogens is 346 g/mol. The molecule has 1 aliphatic heterocycles. The average Bonchev–Trinajstić information content (AvgIpc) is 3.14. The van der Waals surface area contributed by atoms with Crippen molar-refractivity contribution in [3.63, 3.8) is 0 Å². The highest BCUT2D eigenvalue weighted by atomic mass is 32.1. The maximum absolute atomic E-state index is 13.2. The first-order chi connectivity index (χ1) is 12.6. The molecule has 26 heavy (non-hydrogen) atoms. The summed E-state index contributed by atoms with van der Waals surface area (Å²) in [6.07, 6.45) is 0.900. The van der Waals surface area contributed by atoms with Crippen LogP contribution in [0.3, 0.4) is 0 Å². The van der Waals surface area contributed by atoms with Crippen molar-refractivity contribution in [2.45, 2.75) is 19.3 Å². The van der Waals surface area contributed by atoms with Crippen molar-refractivity contribution in [2.75, 3.05) is 0 Å². The number of fused-ring (bicyclic) bond motifs is 3. The average molecular weight is 363 g/mol. The number of rotatable bonds is 2. The lowest BCUT2D eigenvalue weighted by Crippen LogP contribution is -2.30. The maximum atomic E-state index is 13.2. The number of thiophene rings is 1. The maximum Gasteiger partial charge on any atom is 0.258 e. The van der Waals surface area contributed by atoms with Crippen molar-refractivity contribution in [1.29, 1.82) is 5.26 Å². The van der Waals surface area contributed by atoms with Gasteiger partial charge in [-0.15, -0.1) is 11.3 Å². The number of aromatic nitrogens is 1. The molecule has 1 atom stereocenters. The van der Waals surface area contributed by atoms with E-state index in [1.54, 1.807) is 23.0 Å². The molecule has 4 rings (SSSR count). The Hall–Kier alpha value is -3.04. The van der Waals surface area contributed by atoms with Crippen LogP contribution in [0.1, 0.15) is 28.2 Å². The molecule has 0 radical (unpaired) electrons. The number of nitrogens with zero attached hydrogens (tertiary/aromatic N) is 2. The van der Waals surface area contributed by atoms with Crippen molar-refractivity contribution in [1.82, 2.24) is 4.57 Å². The Labute approximate surface area is 154 Å². The number of nitriles is 1. The fraction of sp³-hybridized carbons (Fsp3) is 0.200. The number of nitrogens with two attached hydrogens (primary N) is 1. The van der Waals surface area contributed by atoms with Gasteiger partial charge in [0, 0.05) is 22.2 Å². The first kappa shape index (κ1) is 16.4. The summed E-state index contributed by atoms with van der Waals surface area (Å²) in [5.74, 6) is 0.0175. The quantitative estimate of drug-likeness (QED) is 0.757. The molecule has 0 aliphatic carbocycles. The Morgan fingerprint density at radius 3 is 2.77 bits per heavy atom. The second-order valence-electron chi connectivity index (χ2n) is 6.21. The van der Waals surface area contributed by atoms with E-state index >= 15 is 0 Å². The molecule has 0 saturated heterocycles. The first-order valence-corrected chi connectivity index (χ1v) is 9.16. The summed E-state index contributed by atoms with van der Waals surface area (Å²) in [5.41, 5.74) is 7.44. The number of aryl methyl sites for hydroxylation is 2. The normalized spacial score (nSPS) is 16.3. The number of hydrogen-bond donors (Lipinski definition) is 1. The Bertz CT molecular complexity index is 1160. The summed E-state index contributed by atoms with van der Waals surface area (Å²) in [7, 11) is 1.74. The SMILES string of the molecule is CCc1ccc([C@H]2C(C#N)=C(N)Oc3c2c(=O)n(C)c2ccccc32)s1. The van der Waals surface area contributed by atoms with Gasteiger partial charge in [-0.2, -0.15) is 5.26 Å². The third-order valence-electron chi connectivity index (χ3n) is 4.78. The lowest BCUT2D eigenvalue weighted by Gasteiger charge is -2.26. The summed E-state index contributed by atoms with van der Waals surface area (Å²) in [4.78, 5) is 15.3. The molecule has 2 N–H and O–H groups in total. The summed E-state index contributed by atoms with van der Waals surface area (Å²) in [6.45, 7) is 2.08. The minimum Gasteiger partial charge on any atom is -0.439 e. The molecule has 0 fully saturated rings. The van der Waals surface area contributed by atoms with Gasteiger partial charge >= 0.3 is 0 Å². The van der Waals surface area contributed by atoms with E-state index in [1.165, 1.54) is 4.88 Å². The number of ether oxygens (including phenoxy) is 1. The zero-order valence-corrected chi connectivity index (χ0v) is 15.3. The second-order valence-corrected chi connectivity index (χ2v) is 7.41. The van der Waals surface area contributed by atoms with Gasteiger partial charge in [0.15, 0.2) is 0 Å². The van der Waals surface area contributed by atoms with Crippen molar-refractivity contribution < 1.29 is 4.74 Å². The van der Waals surface area contributed by atoms with E-state index in [1.807, 2.05) is 36.4 Å². The molecule has 0 saturated carbocycles. The van der Waals surface area contributed by atoms with Gasteiger partial charge in [-0.1, -0.05) is 19.1 Å². The predicted molar refractivity (Wildman–Crippen MR) is 102 cm³/mol. The Kier molecular flexibility index (Phi) is 3.82. The van der Waals surface area contributed by atoms with Crippen LogP contribution in [0, 0.1) is 11.3 Å². The van der Waals surface area contributed by atoms with Crippen LogP contribution in [0.15, 0.2) is 52.6 Å². The molecule has 2 aromatic heterocycles. The first-order valence-electron chi connectivity index (χ1n) is 8.34. The smallest absolute Gasteiger partial charge is 0.258 e. The molecule has 5 nitrogen and oxygen atoms in total. The fourth-order valence-corrected chi connectivity index (χ4v) is 4.52. The highest BCUT2D eigenvalue weighted by molar-refractivity contribution is 7.12. The predicted octanol–water partition coefficient (Wildman–Crippen LogP) is 3.38. The third kappa shape index (κ3) is 2.25. The molecule has 0 amide bonds. The number of benzene rings is 1. The largest absolute Gasteiger partial charge is 0.439 e. The van der Waals surface area contributed by atoms with E-state index in [0.29, 0.717) is 11.3 Å². The van der Waals surface area contributed by atoms with Crippen LogP contribution < -0.4 is 16.0 Å². The van der Waals surface area contributed by atoms with Crippen molar-refractivity contribution in [3.05, 3.63) is 73.5 Å². The van der Waals surface area contributed by atoms with Gasteiger partial charge in [-0.3, -0.25) is 4.79 Å². The van der Waals surface area contributed by atoms with Crippen LogP contribution in [0.5, 0.6) is 5.75 Å². The van der Waals surface area contributed by atoms with Crippen LogP contribution in [0.4, 0.5) is 0 Å². The minimum atomic E-state index is -0.502. The fourth-order valence-electron chi connectivity index (χ4n) is 3.45. The van der Waals surface area contributed by atoms with Crippen LogP contribution >= 0.6 is 11.3 Å². The van der Waals surface area contributed by atoms with Crippen LogP contribution in [-0.4, -0.2) is 4.57 Å². The Morgan fingerprint density at radius 2 is 2.08 bits per heavy atom. The van der Waals surface area contributed by atoms with E-state index in [2.05, 4.69) is 13.0 Å². The van der Waals surface area contributed by atoms with E-state index in [-0.39, 0.29) is 17.0 Å². The van der Waals surface area contributed by atoms with Crippen molar-refractivity contribution >= 4 is 22.2 Å². The zero-order valence-electron chi connectivity index (χ0n) is 14.4. The number of pyridine rings is 1. The van der Waals surface area contributed by atoms with E-state index in [4.69, 9.17) is 10.5 Å². The topological polar surface area (TPSA) is 81.0 Å². The number of allylic oxidation sites excluding steroid dienone is 1. The highest BCUT2D eigenvalue weighted by Gasteiger charge is 2.35. The van der Waals surface area contributed by atoms with Crippen molar-refractivity contribution in [3.8, 4) is 11.8 Å². The van der Waals surface area contributed by atoms with E-state index in [0.717, 1.165) is 22.2 Å².